The molecule has 4 nitrogen and oxygen atoms in total. The zero-order chi connectivity index (χ0) is 12.7. The molecular weight excluding hydrogens is 216 g/mol. The average Bonchev–Trinajstić information content (AvgIpc) is 2.39. The van der Waals surface area contributed by atoms with Crippen molar-refractivity contribution in [1.29, 1.82) is 0 Å². The van der Waals surface area contributed by atoms with E-state index in [0.717, 1.165) is 32.4 Å². The predicted molar refractivity (Wildman–Crippen MR) is 69.0 cm³/mol. The molecule has 17 heavy (non-hydrogen) atoms. The lowest BCUT2D eigenvalue weighted by Crippen LogP contribution is -2.54. The number of unbranched alkanes of at least 4 members (excludes halogenated alkanes) is 1. The molecule has 100 valence electrons. The molecule has 0 aromatic carbocycles. The maximum Gasteiger partial charge on any atom is 0.242 e. The van der Waals surface area contributed by atoms with E-state index in [1.165, 1.54) is 0 Å². The molecule has 2 unspecified atom stereocenters. The van der Waals surface area contributed by atoms with Crippen molar-refractivity contribution in [2.75, 3.05) is 26.3 Å². The van der Waals surface area contributed by atoms with Crippen molar-refractivity contribution in [1.82, 2.24) is 10.2 Å². The topological polar surface area (TPSA) is 41.6 Å². The van der Waals surface area contributed by atoms with Crippen LogP contribution in [0.15, 0.2) is 0 Å². The number of rotatable bonds is 6. The van der Waals surface area contributed by atoms with Crippen molar-refractivity contribution >= 4 is 5.91 Å². The Morgan fingerprint density at radius 2 is 2.29 bits per heavy atom. The van der Waals surface area contributed by atoms with Gasteiger partial charge < -0.3 is 15.0 Å². The van der Waals surface area contributed by atoms with E-state index >= 15 is 0 Å². The number of hydrogen-bond donors (Lipinski definition) is 1. The van der Waals surface area contributed by atoms with Crippen LogP contribution in [0.4, 0.5) is 0 Å². The van der Waals surface area contributed by atoms with E-state index in [0.29, 0.717) is 19.3 Å². The smallest absolute Gasteiger partial charge is 0.242 e. The van der Waals surface area contributed by atoms with E-state index in [1.807, 2.05) is 4.90 Å². The lowest BCUT2D eigenvalue weighted by molar-refractivity contribution is -0.138. The van der Waals surface area contributed by atoms with Crippen LogP contribution in [0, 0.1) is 0 Å². The Kier molecular flexibility index (Phi) is 6.52. The third kappa shape index (κ3) is 4.28. The Hall–Kier alpha value is -0.610. The van der Waals surface area contributed by atoms with Crippen LogP contribution in [0.5, 0.6) is 0 Å². The highest BCUT2D eigenvalue weighted by atomic mass is 16.5. The second kappa shape index (κ2) is 7.67. The summed E-state index contributed by atoms with van der Waals surface area (Å²) in [6.45, 7) is 9.27. The van der Waals surface area contributed by atoms with Gasteiger partial charge in [0.1, 0.15) is 6.04 Å². The highest BCUT2D eigenvalue weighted by molar-refractivity contribution is 5.82. The number of nitrogens with zero attached hydrogens (tertiary/aromatic N) is 1. The molecule has 1 amide bonds. The van der Waals surface area contributed by atoms with Gasteiger partial charge in [-0.3, -0.25) is 4.79 Å². The number of nitrogens with one attached hydrogen (secondary N) is 1. The first kappa shape index (κ1) is 14.5. The Morgan fingerprint density at radius 1 is 1.53 bits per heavy atom. The summed E-state index contributed by atoms with van der Waals surface area (Å²) in [5.41, 5.74) is 0. The highest BCUT2D eigenvalue weighted by Crippen LogP contribution is 2.09. The van der Waals surface area contributed by atoms with E-state index < -0.39 is 0 Å². The zero-order valence-electron chi connectivity index (χ0n) is 11.4. The molecule has 0 radical (unpaired) electrons. The van der Waals surface area contributed by atoms with Crippen LogP contribution in [0.2, 0.25) is 0 Å². The highest BCUT2D eigenvalue weighted by Gasteiger charge is 2.28. The largest absolute Gasteiger partial charge is 0.378 e. The fourth-order valence-corrected chi connectivity index (χ4v) is 2.02. The number of ether oxygens (including phenoxy) is 1. The summed E-state index contributed by atoms with van der Waals surface area (Å²) in [6.07, 6.45) is 3.20. The quantitative estimate of drug-likeness (QED) is 0.765. The fourth-order valence-electron chi connectivity index (χ4n) is 2.02. The average molecular weight is 242 g/mol. The number of carbonyl (C=O) groups is 1. The molecular formula is C13H26N2O2. The van der Waals surface area contributed by atoms with Gasteiger partial charge in [0.05, 0.1) is 13.2 Å². The van der Waals surface area contributed by atoms with Crippen molar-refractivity contribution in [2.24, 2.45) is 0 Å². The molecule has 0 aliphatic carbocycles. The van der Waals surface area contributed by atoms with E-state index in [1.54, 1.807) is 0 Å². The number of hydrogen-bond acceptors (Lipinski definition) is 3. The second-order valence-corrected chi connectivity index (χ2v) is 4.72. The Bertz CT molecular complexity index is 227. The van der Waals surface area contributed by atoms with Gasteiger partial charge in [0, 0.05) is 19.1 Å². The van der Waals surface area contributed by atoms with Crippen molar-refractivity contribution in [3.8, 4) is 0 Å². The SMILES string of the molecule is CCCCN(C(=O)C1COCCN1)C(C)CC. The number of amides is 1. The normalized spacial score (nSPS) is 22.2. The molecule has 1 aliphatic heterocycles. The van der Waals surface area contributed by atoms with Crippen molar-refractivity contribution in [2.45, 2.75) is 52.1 Å². The standard InChI is InChI=1S/C13H26N2O2/c1-4-6-8-15(11(3)5-2)13(16)12-10-17-9-7-14-12/h11-12,14H,4-10H2,1-3H3. The van der Waals surface area contributed by atoms with Crippen LogP contribution in [0.25, 0.3) is 0 Å². The Morgan fingerprint density at radius 3 is 2.82 bits per heavy atom. The van der Waals surface area contributed by atoms with E-state index in [9.17, 15) is 4.79 Å². The molecule has 1 fully saturated rings. The first-order valence-corrected chi connectivity index (χ1v) is 6.82. The lowest BCUT2D eigenvalue weighted by Gasteiger charge is -2.33. The minimum absolute atomic E-state index is 0.144. The molecule has 1 aliphatic rings. The fraction of sp³-hybridized carbons (Fsp3) is 0.923. The molecule has 0 aromatic heterocycles. The predicted octanol–water partition coefficient (Wildman–Crippen LogP) is 1.40. The van der Waals surface area contributed by atoms with Gasteiger partial charge in [0.25, 0.3) is 0 Å². The van der Waals surface area contributed by atoms with Crippen LogP contribution in [0.1, 0.15) is 40.0 Å². The lowest BCUT2D eigenvalue weighted by atomic mass is 10.1. The van der Waals surface area contributed by atoms with Gasteiger partial charge >= 0.3 is 0 Å². The van der Waals surface area contributed by atoms with Crippen LogP contribution in [0.3, 0.4) is 0 Å². The molecule has 1 N–H and O–H groups in total. The second-order valence-electron chi connectivity index (χ2n) is 4.72. The maximum absolute atomic E-state index is 12.4. The minimum Gasteiger partial charge on any atom is -0.378 e. The summed E-state index contributed by atoms with van der Waals surface area (Å²) in [6, 6.07) is 0.174. The summed E-state index contributed by atoms with van der Waals surface area (Å²) < 4.78 is 5.36. The van der Waals surface area contributed by atoms with E-state index in [2.05, 4.69) is 26.1 Å². The van der Waals surface area contributed by atoms with E-state index in [4.69, 9.17) is 4.74 Å². The molecule has 0 spiro atoms. The Labute approximate surface area is 105 Å². The van der Waals surface area contributed by atoms with Gasteiger partial charge in [-0.25, -0.2) is 0 Å². The summed E-state index contributed by atoms with van der Waals surface area (Å²) in [4.78, 5) is 14.4. The van der Waals surface area contributed by atoms with Gasteiger partial charge in [-0.1, -0.05) is 20.3 Å². The first-order chi connectivity index (χ1) is 8.20. The summed E-state index contributed by atoms with van der Waals surface area (Å²) in [5.74, 6) is 0.201. The van der Waals surface area contributed by atoms with Gasteiger partial charge in [-0.2, -0.15) is 0 Å². The van der Waals surface area contributed by atoms with Crippen molar-refractivity contribution < 1.29 is 9.53 Å². The minimum atomic E-state index is -0.144. The van der Waals surface area contributed by atoms with Crippen LogP contribution in [-0.2, 0) is 9.53 Å². The summed E-state index contributed by atoms with van der Waals surface area (Å²) >= 11 is 0. The third-order valence-corrected chi connectivity index (χ3v) is 3.38. The molecule has 0 aromatic rings. The van der Waals surface area contributed by atoms with Gasteiger partial charge in [0.2, 0.25) is 5.91 Å². The molecule has 0 bridgehead atoms. The van der Waals surface area contributed by atoms with Crippen LogP contribution in [-0.4, -0.2) is 49.2 Å². The third-order valence-electron chi connectivity index (χ3n) is 3.38. The molecule has 4 heteroatoms. The van der Waals surface area contributed by atoms with Crippen molar-refractivity contribution in [3.63, 3.8) is 0 Å². The first-order valence-electron chi connectivity index (χ1n) is 6.82. The monoisotopic (exact) mass is 242 g/mol. The van der Waals surface area contributed by atoms with Gasteiger partial charge in [-0.15, -0.1) is 0 Å². The molecule has 2 atom stereocenters. The Balaban J connectivity index is 2.56. The molecule has 1 rings (SSSR count). The maximum atomic E-state index is 12.4. The van der Waals surface area contributed by atoms with Crippen LogP contribution < -0.4 is 5.32 Å². The van der Waals surface area contributed by atoms with Crippen LogP contribution >= 0.6 is 0 Å². The zero-order valence-corrected chi connectivity index (χ0v) is 11.4. The van der Waals surface area contributed by atoms with E-state index in [-0.39, 0.29) is 11.9 Å². The number of carbonyl (C=O) groups excluding carboxylic acids is 1. The van der Waals surface area contributed by atoms with Crippen molar-refractivity contribution in [3.05, 3.63) is 0 Å². The summed E-state index contributed by atoms with van der Waals surface area (Å²) in [7, 11) is 0. The molecule has 1 heterocycles. The molecule has 1 saturated heterocycles. The van der Waals surface area contributed by atoms with Gasteiger partial charge in [0.15, 0.2) is 0 Å². The number of morpholine rings is 1. The summed E-state index contributed by atoms with van der Waals surface area (Å²) in [5, 5.41) is 3.24. The van der Waals surface area contributed by atoms with Gasteiger partial charge in [-0.05, 0) is 19.8 Å². The molecule has 0 saturated carbocycles.